The van der Waals surface area contributed by atoms with Gasteiger partial charge in [-0.25, -0.2) is 4.98 Å². The van der Waals surface area contributed by atoms with E-state index < -0.39 is 5.60 Å². The zero-order valence-corrected chi connectivity index (χ0v) is 10.6. The van der Waals surface area contributed by atoms with Crippen molar-refractivity contribution in [1.82, 2.24) is 4.98 Å². The van der Waals surface area contributed by atoms with Crippen molar-refractivity contribution in [1.29, 1.82) is 0 Å². The van der Waals surface area contributed by atoms with E-state index >= 15 is 0 Å². The lowest BCUT2D eigenvalue weighted by atomic mass is 10.1. The number of halogens is 3. The number of aromatic nitrogens is 1. The summed E-state index contributed by atoms with van der Waals surface area (Å²) in [5.74, 6) is 0.410. The fourth-order valence-electron chi connectivity index (χ4n) is 0.868. The Morgan fingerprint density at radius 2 is 1.93 bits per heavy atom. The molecule has 0 radical (unpaired) electrons. The van der Waals surface area contributed by atoms with Crippen LogP contribution in [0.1, 0.15) is 13.8 Å². The average Bonchev–Trinajstić information content (AvgIpc) is 2.07. The van der Waals surface area contributed by atoms with Crippen LogP contribution in [0.3, 0.4) is 0 Å². The van der Waals surface area contributed by atoms with Gasteiger partial charge in [-0.15, -0.1) is 0 Å². The van der Waals surface area contributed by atoms with Crippen LogP contribution < -0.4 is 5.32 Å². The standard InChI is InChI=1S/C9H11Cl3N2O/c1-9(2,15)4-13-8-6(11)3-5(10)7(12)14-8/h3,15H,4H2,1-2H3,(H,13,14). The molecule has 0 aliphatic carbocycles. The number of aliphatic hydroxyl groups is 1. The summed E-state index contributed by atoms with van der Waals surface area (Å²) in [6.07, 6.45) is 0. The van der Waals surface area contributed by atoms with E-state index in [1.54, 1.807) is 13.8 Å². The zero-order chi connectivity index (χ0) is 11.6. The molecule has 1 rings (SSSR count). The van der Waals surface area contributed by atoms with Crippen LogP contribution in [0.15, 0.2) is 6.07 Å². The topological polar surface area (TPSA) is 45.1 Å². The van der Waals surface area contributed by atoms with Gasteiger partial charge in [-0.1, -0.05) is 34.8 Å². The maximum atomic E-state index is 9.50. The molecule has 3 nitrogen and oxygen atoms in total. The molecule has 0 amide bonds. The third-order valence-corrected chi connectivity index (χ3v) is 2.54. The monoisotopic (exact) mass is 268 g/mol. The Kier molecular flexibility index (Phi) is 4.06. The van der Waals surface area contributed by atoms with Gasteiger partial charge in [0.2, 0.25) is 0 Å². The van der Waals surface area contributed by atoms with Crippen LogP contribution in [0.5, 0.6) is 0 Å². The molecule has 6 heteroatoms. The fourth-order valence-corrected chi connectivity index (χ4v) is 1.43. The minimum absolute atomic E-state index is 0.180. The van der Waals surface area contributed by atoms with E-state index in [1.165, 1.54) is 6.07 Å². The molecule has 0 aliphatic heterocycles. The van der Waals surface area contributed by atoms with Crippen molar-refractivity contribution in [2.75, 3.05) is 11.9 Å². The highest BCUT2D eigenvalue weighted by molar-refractivity contribution is 6.42. The number of rotatable bonds is 3. The first-order chi connectivity index (χ1) is 6.79. The molecule has 1 aromatic heterocycles. The van der Waals surface area contributed by atoms with Crippen LogP contribution in [-0.2, 0) is 0 Å². The van der Waals surface area contributed by atoms with Crippen molar-refractivity contribution < 1.29 is 5.11 Å². The minimum Gasteiger partial charge on any atom is -0.389 e. The van der Waals surface area contributed by atoms with E-state index in [1.807, 2.05) is 0 Å². The van der Waals surface area contributed by atoms with E-state index in [0.717, 1.165) is 0 Å². The Morgan fingerprint density at radius 1 is 1.33 bits per heavy atom. The molecule has 0 unspecified atom stereocenters. The molecule has 0 aliphatic rings. The largest absolute Gasteiger partial charge is 0.389 e. The first-order valence-corrected chi connectivity index (χ1v) is 5.41. The molecule has 15 heavy (non-hydrogen) atoms. The smallest absolute Gasteiger partial charge is 0.150 e. The zero-order valence-electron chi connectivity index (χ0n) is 8.31. The van der Waals surface area contributed by atoms with Gasteiger partial charge in [0.15, 0.2) is 0 Å². The summed E-state index contributed by atoms with van der Waals surface area (Å²) in [7, 11) is 0. The highest BCUT2D eigenvalue weighted by Crippen LogP contribution is 2.28. The average molecular weight is 270 g/mol. The van der Waals surface area contributed by atoms with E-state index in [2.05, 4.69) is 10.3 Å². The SMILES string of the molecule is CC(C)(O)CNc1nc(Cl)c(Cl)cc1Cl. The summed E-state index contributed by atoms with van der Waals surface area (Å²) in [6.45, 7) is 3.66. The summed E-state index contributed by atoms with van der Waals surface area (Å²) in [6, 6.07) is 1.51. The Hall–Kier alpha value is -0.220. The van der Waals surface area contributed by atoms with Crippen LogP contribution in [0.25, 0.3) is 0 Å². The minimum atomic E-state index is -0.850. The summed E-state index contributed by atoms with van der Waals surface area (Å²) in [5.41, 5.74) is -0.850. The van der Waals surface area contributed by atoms with Gasteiger partial charge in [-0.05, 0) is 19.9 Å². The lowest BCUT2D eigenvalue weighted by Gasteiger charge is -2.18. The third-order valence-electron chi connectivity index (χ3n) is 1.58. The molecule has 1 heterocycles. The van der Waals surface area contributed by atoms with Crippen LogP contribution in [0.2, 0.25) is 15.2 Å². The molecule has 0 spiro atoms. The van der Waals surface area contributed by atoms with E-state index in [-0.39, 0.29) is 5.15 Å². The van der Waals surface area contributed by atoms with Crippen molar-refractivity contribution in [3.63, 3.8) is 0 Å². The number of pyridine rings is 1. The number of nitrogens with one attached hydrogen (secondary N) is 1. The van der Waals surface area contributed by atoms with Gasteiger partial charge < -0.3 is 10.4 Å². The van der Waals surface area contributed by atoms with E-state index in [4.69, 9.17) is 34.8 Å². The van der Waals surface area contributed by atoms with Crippen LogP contribution in [-0.4, -0.2) is 22.2 Å². The number of hydrogen-bond acceptors (Lipinski definition) is 3. The predicted molar refractivity (Wildman–Crippen MR) is 64.1 cm³/mol. The summed E-state index contributed by atoms with van der Waals surface area (Å²) >= 11 is 17.3. The quantitative estimate of drug-likeness (QED) is 0.828. The second-order valence-electron chi connectivity index (χ2n) is 3.76. The molecule has 84 valence electrons. The number of hydrogen-bond donors (Lipinski definition) is 2. The highest BCUT2D eigenvalue weighted by atomic mass is 35.5. The molecule has 2 N–H and O–H groups in total. The highest BCUT2D eigenvalue weighted by Gasteiger charge is 2.14. The second-order valence-corrected chi connectivity index (χ2v) is 4.93. The van der Waals surface area contributed by atoms with E-state index in [9.17, 15) is 5.11 Å². The predicted octanol–water partition coefficient (Wildman–Crippen LogP) is 3.22. The van der Waals surface area contributed by atoms with Crippen LogP contribution in [0, 0.1) is 0 Å². The Bertz CT molecular complexity index is 363. The van der Waals surface area contributed by atoms with Gasteiger partial charge in [0.05, 0.1) is 15.6 Å². The Balaban J connectivity index is 2.82. The Labute approximate surface area is 103 Å². The summed E-state index contributed by atoms with van der Waals surface area (Å²) in [4.78, 5) is 3.95. The van der Waals surface area contributed by atoms with E-state index in [0.29, 0.717) is 22.4 Å². The number of anilines is 1. The third kappa shape index (κ3) is 4.03. The molecule has 0 bridgehead atoms. The fraction of sp³-hybridized carbons (Fsp3) is 0.444. The normalized spacial score (nSPS) is 11.6. The molecule has 0 saturated carbocycles. The van der Waals surface area contributed by atoms with Gasteiger partial charge in [0.1, 0.15) is 11.0 Å². The van der Waals surface area contributed by atoms with Crippen molar-refractivity contribution in [3.05, 3.63) is 21.3 Å². The van der Waals surface area contributed by atoms with Crippen LogP contribution >= 0.6 is 34.8 Å². The number of nitrogens with zero attached hydrogens (tertiary/aromatic N) is 1. The lowest BCUT2D eigenvalue weighted by molar-refractivity contribution is 0.0944. The summed E-state index contributed by atoms with van der Waals surface area (Å²) in [5, 5.41) is 13.2. The maximum Gasteiger partial charge on any atom is 0.150 e. The van der Waals surface area contributed by atoms with Crippen molar-refractivity contribution in [2.45, 2.75) is 19.4 Å². The molecule has 0 atom stereocenters. The summed E-state index contributed by atoms with van der Waals surface area (Å²) < 4.78 is 0. The molecular formula is C9H11Cl3N2O. The van der Waals surface area contributed by atoms with Crippen molar-refractivity contribution >= 4 is 40.6 Å². The first kappa shape index (κ1) is 12.8. The molecule has 0 aromatic carbocycles. The first-order valence-electron chi connectivity index (χ1n) is 4.27. The van der Waals surface area contributed by atoms with Gasteiger partial charge in [-0.3, -0.25) is 0 Å². The molecule has 0 saturated heterocycles. The van der Waals surface area contributed by atoms with Crippen molar-refractivity contribution in [3.8, 4) is 0 Å². The van der Waals surface area contributed by atoms with Gasteiger partial charge in [-0.2, -0.15) is 0 Å². The lowest BCUT2D eigenvalue weighted by Crippen LogP contribution is -2.29. The molecular weight excluding hydrogens is 258 g/mol. The van der Waals surface area contributed by atoms with Crippen LogP contribution in [0.4, 0.5) is 5.82 Å². The van der Waals surface area contributed by atoms with Gasteiger partial charge in [0, 0.05) is 6.54 Å². The Morgan fingerprint density at radius 3 is 2.47 bits per heavy atom. The van der Waals surface area contributed by atoms with Gasteiger partial charge >= 0.3 is 0 Å². The van der Waals surface area contributed by atoms with Crippen molar-refractivity contribution in [2.24, 2.45) is 0 Å². The maximum absolute atomic E-state index is 9.50. The van der Waals surface area contributed by atoms with Gasteiger partial charge in [0.25, 0.3) is 0 Å². The molecule has 1 aromatic rings. The molecule has 0 fully saturated rings. The second kappa shape index (κ2) is 4.74.